The van der Waals surface area contributed by atoms with E-state index in [9.17, 15) is 4.79 Å². The Kier molecular flexibility index (Phi) is 6.57. The van der Waals surface area contributed by atoms with Crippen LogP contribution in [0, 0.1) is 0 Å². The Balaban J connectivity index is 1.97. The summed E-state index contributed by atoms with van der Waals surface area (Å²) in [5.41, 5.74) is 7.94. The number of rotatable bonds is 6. The minimum atomic E-state index is 0.0208. The van der Waals surface area contributed by atoms with Crippen molar-refractivity contribution in [2.45, 2.75) is 44.8 Å². The van der Waals surface area contributed by atoms with Crippen LogP contribution in [-0.2, 0) is 9.53 Å². The van der Waals surface area contributed by atoms with Gasteiger partial charge in [0.2, 0.25) is 5.91 Å². The first kappa shape index (κ1) is 17.9. The van der Waals surface area contributed by atoms with Gasteiger partial charge in [-0.1, -0.05) is 32.0 Å². The van der Waals surface area contributed by atoms with Crippen LogP contribution in [0.5, 0.6) is 0 Å². The van der Waals surface area contributed by atoms with Gasteiger partial charge in [0.15, 0.2) is 0 Å². The van der Waals surface area contributed by atoms with Gasteiger partial charge in [-0.15, -0.1) is 0 Å². The molecule has 1 fully saturated rings. The minimum absolute atomic E-state index is 0.0208. The van der Waals surface area contributed by atoms with Gasteiger partial charge in [-0.25, -0.2) is 0 Å². The second-order valence-corrected chi connectivity index (χ2v) is 6.53. The summed E-state index contributed by atoms with van der Waals surface area (Å²) in [7, 11) is 1.74. The van der Waals surface area contributed by atoms with Gasteiger partial charge in [0, 0.05) is 31.9 Å². The van der Waals surface area contributed by atoms with E-state index in [4.69, 9.17) is 10.5 Å². The molecule has 5 nitrogen and oxygen atoms in total. The molecule has 0 aliphatic carbocycles. The molecular formula is C18H29N3O2. The number of nitrogens with two attached hydrogens (primary N) is 1. The number of amides is 1. The summed E-state index contributed by atoms with van der Waals surface area (Å²) in [4.78, 5) is 14.6. The van der Waals surface area contributed by atoms with Gasteiger partial charge in [-0.3, -0.25) is 9.69 Å². The second-order valence-electron chi connectivity index (χ2n) is 6.53. The van der Waals surface area contributed by atoms with Crippen LogP contribution in [0.25, 0.3) is 0 Å². The first-order valence-electron chi connectivity index (χ1n) is 8.40. The van der Waals surface area contributed by atoms with Crippen LogP contribution in [0.2, 0.25) is 0 Å². The normalized spacial score (nSPS) is 22.3. The number of para-hydroxylation sites is 1. The lowest BCUT2D eigenvalue weighted by molar-refractivity contribution is -0.118. The molecule has 3 N–H and O–H groups in total. The van der Waals surface area contributed by atoms with Crippen LogP contribution < -0.4 is 11.1 Å². The highest BCUT2D eigenvalue weighted by molar-refractivity contribution is 5.93. The molecule has 1 aliphatic heterocycles. The number of hydrogen-bond acceptors (Lipinski definition) is 4. The average Bonchev–Trinajstić information content (AvgIpc) is 2.55. The van der Waals surface area contributed by atoms with Crippen molar-refractivity contribution < 1.29 is 9.53 Å². The molecule has 1 amide bonds. The van der Waals surface area contributed by atoms with Crippen LogP contribution in [0.3, 0.4) is 0 Å². The van der Waals surface area contributed by atoms with Crippen molar-refractivity contribution in [2.24, 2.45) is 5.73 Å². The zero-order valence-corrected chi connectivity index (χ0v) is 14.4. The third-order valence-electron chi connectivity index (χ3n) is 4.60. The van der Waals surface area contributed by atoms with E-state index in [0.717, 1.165) is 30.6 Å². The average molecular weight is 319 g/mol. The largest absolute Gasteiger partial charge is 0.381 e. The number of piperidine rings is 1. The lowest BCUT2D eigenvalue weighted by atomic mass is 9.99. The monoisotopic (exact) mass is 319 g/mol. The fourth-order valence-corrected chi connectivity index (χ4v) is 3.22. The topological polar surface area (TPSA) is 67.6 Å². The Hall–Kier alpha value is -1.43. The third-order valence-corrected chi connectivity index (χ3v) is 4.60. The molecule has 5 heteroatoms. The van der Waals surface area contributed by atoms with E-state index in [-0.39, 0.29) is 18.1 Å². The molecule has 1 aromatic carbocycles. The Morgan fingerprint density at radius 2 is 2.17 bits per heavy atom. The van der Waals surface area contributed by atoms with Gasteiger partial charge in [0.1, 0.15) is 0 Å². The molecule has 2 rings (SSSR count). The van der Waals surface area contributed by atoms with Crippen molar-refractivity contribution in [1.29, 1.82) is 0 Å². The standard InChI is InChI=1S/C18H29N3O2/c1-13(2)16-6-4-5-7-17(16)20-18(22)12-21-9-8-15(23-3)10-14(21)11-19/h4-7,13-15H,8-12,19H2,1-3H3,(H,20,22). The molecule has 0 bridgehead atoms. The zero-order valence-electron chi connectivity index (χ0n) is 14.4. The maximum absolute atomic E-state index is 12.4. The maximum Gasteiger partial charge on any atom is 0.238 e. The predicted molar refractivity (Wildman–Crippen MR) is 93.6 cm³/mol. The van der Waals surface area contributed by atoms with Gasteiger partial charge >= 0.3 is 0 Å². The Morgan fingerprint density at radius 1 is 1.43 bits per heavy atom. The molecule has 0 radical (unpaired) electrons. The predicted octanol–water partition coefficient (Wildman–Crippen LogP) is 2.19. The van der Waals surface area contributed by atoms with E-state index in [1.54, 1.807) is 7.11 Å². The Morgan fingerprint density at radius 3 is 2.83 bits per heavy atom. The van der Waals surface area contributed by atoms with E-state index in [2.05, 4.69) is 30.1 Å². The summed E-state index contributed by atoms with van der Waals surface area (Å²) in [5, 5.41) is 3.06. The molecule has 2 unspecified atom stereocenters. The van der Waals surface area contributed by atoms with Crippen LogP contribution in [-0.4, -0.2) is 49.7 Å². The highest BCUT2D eigenvalue weighted by Gasteiger charge is 2.28. The summed E-state index contributed by atoms with van der Waals surface area (Å²) in [6.07, 6.45) is 2.09. The summed E-state index contributed by atoms with van der Waals surface area (Å²) >= 11 is 0. The number of nitrogens with one attached hydrogen (secondary N) is 1. The van der Waals surface area contributed by atoms with Crippen LogP contribution in [0.4, 0.5) is 5.69 Å². The molecule has 1 saturated heterocycles. The molecule has 0 spiro atoms. The van der Waals surface area contributed by atoms with E-state index in [1.807, 2.05) is 18.2 Å². The number of carbonyl (C=O) groups is 1. The number of carbonyl (C=O) groups excluding carboxylic acids is 1. The zero-order chi connectivity index (χ0) is 16.8. The molecule has 1 heterocycles. The molecule has 1 aromatic rings. The summed E-state index contributed by atoms with van der Waals surface area (Å²) in [6.45, 7) is 6.04. The van der Waals surface area contributed by atoms with Crippen molar-refractivity contribution in [2.75, 3.05) is 32.1 Å². The van der Waals surface area contributed by atoms with Gasteiger partial charge in [0.25, 0.3) is 0 Å². The Labute approximate surface area is 139 Å². The van der Waals surface area contributed by atoms with Gasteiger partial charge in [-0.05, 0) is 30.4 Å². The summed E-state index contributed by atoms with van der Waals surface area (Å²) in [6, 6.07) is 8.19. The fraction of sp³-hybridized carbons (Fsp3) is 0.611. The number of hydrogen-bond donors (Lipinski definition) is 2. The maximum atomic E-state index is 12.4. The molecule has 0 saturated carbocycles. The van der Waals surface area contributed by atoms with Crippen molar-refractivity contribution in [1.82, 2.24) is 4.90 Å². The Bertz CT molecular complexity index is 519. The van der Waals surface area contributed by atoms with Crippen molar-refractivity contribution >= 4 is 11.6 Å². The van der Waals surface area contributed by atoms with Crippen molar-refractivity contribution in [3.63, 3.8) is 0 Å². The van der Waals surface area contributed by atoms with Crippen LogP contribution >= 0.6 is 0 Å². The van der Waals surface area contributed by atoms with Crippen LogP contribution in [0.1, 0.15) is 38.2 Å². The van der Waals surface area contributed by atoms with Crippen LogP contribution in [0.15, 0.2) is 24.3 Å². The molecule has 2 atom stereocenters. The molecule has 1 aliphatic rings. The van der Waals surface area contributed by atoms with Gasteiger partial charge < -0.3 is 15.8 Å². The van der Waals surface area contributed by atoms with E-state index < -0.39 is 0 Å². The lowest BCUT2D eigenvalue weighted by Gasteiger charge is -2.38. The first-order valence-corrected chi connectivity index (χ1v) is 8.40. The fourth-order valence-electron chi connectivity index (χ4n) is 3.22. The number of ether oxygens (including phenoxy) is 1. The van der Waals surface area contributed by atoms with Gasteiger partial charge in [0.05, 0.1) is 12.6 Å². The second kappa shape index (κ2) is 8.43. The lowest BCUT2D eigenvalue weighted by Crippen LogP contribution is -2.51. The number of anilines is 1. The summed E-state index contributed by atoms with van der Waals surface area (Å²) in [5.74, 6) is 0.396. The SMILES string of the molecule is COC1CCN(CC(=O)Nc2ccccc2C(C)C)C(CN)C1. The number of likely N-dealkylation sites (tertiary alicyclic amines) is 1. The summed E-state index contributed by atoms with van der Waals surface area (Å²) < 4.78 is 5.43. The quantitative estimate of drug-likeness (QED) is 0.843. The smallest absolute Gasteiger partial charge is 0.238 e. The third kappa shape index (κ3) is 4.77. The van der Waals surface area contributed by atoms with E-state index in [1.165, 1.54) is 0 Å². The van der Waals surface area contributed by atoms with Gasteiger partial charge in [-0.2, -0.15) is 0 Å². The highest BCUT2D eigenvalue weighted by Crippen LogP contribution is 2.24. The first-order chi connectivity index (χ1) is 11.0. The van der Waals surface area contributed by atoms with E-state index in [0.29, 0.717) is 19.0 Å². The molecule has 128 valence electrons. The number of benzene rings is 1. The number of nitrogens with zero attached hydrogens (tertiary/aromatic N) is 1. The number of methoxy groups -OCH3 is 1. The minimum Gasteiger partial charge on any atom is -0.381 e. The molecule has 0 aromatic heterocycles. The van der Waals surface area contributed by atoms with E-state index >= 15 is 0 Å². The molecule has 23 heavy (non-hydrogen) atoms. The van der Waals surface area contributed by atoms with Crippen molar-refractivity contribution in [3.8, 4) is 0 Å². The highest BCUT2D eigenvalue weighted by atomic mass is 16.5. The molecular weight excluding hydrogens is 290 g/mol. The van der Waals surface area contributed by atoms with Crippen molar-refractivity contribution in [3.05, 3.63) is 29.8 Å².